The molecule has 0 atom stereocenters. The Bertz CT molecular complexity index is 269. The molecule has 64 valence electrons. The third kappa shape index (κ3) is 2.45. The minimum absolute atomic E-state index is 0.0900. The molecular formula is C7H7NO4. The van der Waals surface area contributed by atoms with Crippen LogP contribution in [0.3, 0.4) is 0 Å². The molecule has 0 aliphatic carbocycles. The molecule has 0 bridgehead atoms. The zero-order chi connectivity index (χ0) is 8.97. The monoisotopic (exact) mass is 169 g/mol. The normalized spacial score (nSPS) is 9.33. The second-order valence-corrected chi connectivity index (χ2v) is 2.16. The van der Waals surface area contributed by atoms with Crippen LogP contribution in [0.2, 0.25) is 0 Å². The largest absolute Gasteiger partial charge is 0.508 e. The fraction of sp³-hybridized carbons (Fsp3) is 0.143. The summed E-state index contributed by atoms with van der Waals surface area (Å²) in [6.45, 7) is -0.0900. The molecule has 0 aliphatic heterocycles. The van der Waals surface area contributed by atoms with Crippen molar-refractivity contribution in [1.29, 1.82) is 0 Å². The van der Waals surface area contributed by atoms with Crippen molar-refractivity contribution in [2.24, 2.45) is 0 Å². The van der Waals surface area contributed by atoms with Crippen LogP contribution in [0.4, 0.5) is 0 Å². The lowest BCUT2D eigenvalue weighted by molar-refractivity contribution is -0.763. The highest BCUT2D eigenvalue weighted by atomic mass is 16.9. The Kier molecular flexibility index (Phi) is 2.47. The highest BCUT2D eigenvalue weighted by Gasteiger charge is 1.96. The van der Waals surface area contributed by atoms with Gasteiger partial charge in [-0.3, -0.25) is 0 Å². The lowest BCUT2D eigenvalue weighted by atomic mass is 10.2. The van der Waals surface area contributed by atoms with Crippen molar-refractivity contribution < 1.29 is 15.0 Å². The Morgan fingerprint density at radius 3 is 2.50 bits per heavy atom. The molecule has 12 heavy (non-hydrogen) atoms. The van der Waals surface area contributed by atoms with E-state index in [0.717, 1.165) is 0 Å². The van der Waals surface area contributed by atoms with Gasteiger partial charge in [-0.25, -0.2) is 0 Å². The van der Waals surface area contributed by atoms with Crippen molar-refractivity contribution >= 4 is 0 Å². The van der Waals surface area contributed by atoms with Crippen LogP contribution in [0.5, 0.6) is 5.75 Å². The number of aromatic hydroxyl groups is 1. The smallest absolute Gasteiger partial charge is 0.294 e. The topological polar surface area (TPSA) is 72.6 Å². The number of nitrogens with zero attached hydrogens (tertiary/aromatic N) is 1. The molecule has 0 aliphatic rings. The first-order valence-corrected chi connectivity index (χ1v) is 3.23. The summed E-state index contributed by atoms with van der Waals surface area (Å²) in [7, 11) is 0. The molecule has 0 unspecified atom stereocenters. The van der Waals surface area contributed by atoms with Crippen molar-refractivity contribution in [2.75, 3.05) is 0 Å². The standard InChI is InChI=1S/C7H7NO4/c9-7-3-1-6(2-4-7)5-12-8(10)11/h1-4,9H,5H2. The zero-order valence-corrected chi connectivity index (χ0v) is 6.14. The van der Waals surface area contributed by atoms with Gasteiger partial charge in [-0.15, -0.1) is 10.1 Å². The third-order valence-electron chi connectivity index (χ3n) is 1.27. The number of hydrogen-bond donors (Lipinski definition) is 1. The molecule has 0 saturated heterocycles. The Hall–Kier alpha value is -1.78. The molecule has 1 aromatic rings. The van der Waals surface area contributed by atoms with Crippen LogP contribution < -0.4 is 0 Å². The van der Waals surface area contributed by atoms with Crippen molar-refractivity contribution in [2.45, 2.75) is 6.61 Å². The van der Waals surface area contributed by atoms with Crippen molar-refractivity contribution in [3.8, 4) is 5.75 Å². The number of rotatable bonds is 3. The van der Waals surface area contributed by atoms with E-state index in [2.05, 4.69) is 4.84 Å². The average molecular weight is 169 g/mol. The van der Waals surface area contributed by atoms with E-state index >= 15 is 0 Å². The Balaban J connectivity index is 2.53. The second-order valence-electron chi connectivity index (χ2n) is 2.16. The van der Waals surface area contributed by atoms with E-state index in [1.807, 2.05) is 0 Å². The predicted octanol–water partition coefficient (Wildman–Crippen LogP) is 1.10. The highest BCUT2D eigenvalue weighted by molar-refractivity contribution is 5.25. The van der Waals surface area contributed by atoms with E-state index in [9.17, 15) is 10.1 Å². The van der Waals surface area contributed by atoms with Gasteiger partial charge in [-0.1, -0.05) is 12.1 Å². The van der Waals surface area contributed by atoms with E-state index in [-0.39, 0.29) is 12.4 Å². The molecule has 1 rings (SSSR count). The van der Waals surface area contributed by atoms with Gasteiger partial charge in [0.1, 0.15) is 12.4 Å². The molecule has 0 aromatic heterocycles. The van der Waals surface area contributed by atoms with Gasteiger partial charge in [-0.05, 0) is 17.7 Å². The molecule has 0 radical (unpaired) electrons. The fourth-order valence-electron chi connectivity index (χ4n) is 0.719. The first-order chi connectivity index (χ1) is 5.68. The number of phenolic OH excluding ortho intramolecular Hbond substituents is 1. The summed E-state index contributed by atoms with van der Waals surface area (Å²) in [5.74, 6) is 0.125. The van der Waals surface area contributed by atoms with Crippen LogP contribution in [0.1, 0.15) is 5.56 Å². The third-order valence-corrected chi connectivity index (χ3v) is 1.27. The summed E-state index contributed by atoms with van der Waals surface area (Å²) in [6.07, 6.45) is 0. The maximum absolute atomic E-state index is 9.77. The maximum Gasteiger partial charge on any atom is 0.294 e. The highest BCUT2D eigenvalue weighted by Crippen LogP contribution is 2.09. The van der Waals surface area contributed by atoms with Crippen molar-refractivity contribution in [3.05, 3.63) is 39.9 Å². The van der Waals surface area contributed by atoms with Gasteiger partial charge in [0.25, 0.3) is 5.09 Å². The van der Waals surface area contributed by atoms with E-state index in [4.69, 9.17) is 5.11 Å². The van der Waals surface area contributed by atoms with Crippen LogP contribution in [0.15, 0.2) is 24.3 Å². The molecule has 5 heteroatoms. The number of phenols is 1. The van der Waals surface area contributed by atoms with Gasteiger partial charge in [0.15, 0.2) is 0 Å². The Morgan fingerprint density at radius 2 is 2.00 bits per heavy atom. The van der Waals surface area contributed by atoms with E-state index in [1.54, 1.807) is 12.1 Å². The summed E-state index contributed by atoms with van der Waals surface area (Å²) in [6, 6.07) is 5.99. The Labute approximate surface area is 68.3 Å². The summed E-state index contributed by atoms with van der Waals surface area (Å²) in [5, 5.41) is 17.8. The molecular weight excluding hydrogens is 162 g/mol. The number of hydrogen-bond acceptors (Lipinski definition) is 4. The van der Waals surface area contributed by atoms with Crippen LogP contribution in [-0.4, -0.2) is 10.2 Å². The summed E-state index contributed by atoms with van der Waals surface area (Å²) >= 11 is 0. The summed E-state index contributed by atoms with van der Waals surface area (Å²) in [5.41, 5.74) is 0.643. The molecule has 0 saturated carbocycles. The van der Waals surface area contributed by atoms with E-state index in [1.165, 1.54) is 12.1 Å². The lowest BCUT2D eigenvalue weighted by Crippen LogP contribution is -1.99. The molecule has 0 amide bonds. The van der Waals surface area contributed by atoms with Gasteiger partial charge in [0, 0.05) is 0 Å². The molecule has 0 heterocycles. The van der Waals surface area contributed by atoms with Gasteiger partial charge in [-0.2, -0.15) is 0 Å². The first-order valence-electron chi connectivity index (χ1n) is 3.23. The minimum atomic E-state index is -0.854. The SMILES string of the molecule is O=[N+]([O-])OCc1ccc(O)cc1. The van der Waals surface area contributed by atoms with Gasteiger partial charge in [0.2, 0.25) is 0 Å². The molecule has 1 aromatic carbocycles. The molecule has 5 nitrogen and oxygen atoms in total. The van der Waals surface area contributed by atoms with E-state index in [0.29, 0.717) is 5.56 Å². The number of benzene rings is 1. The van der Waals surface area contributed by atoms with Crippen LogP contribution >= 0.6 is 0 Å². The zero-order valence-electron chi connectivity index (χ0n) is 6.14. The molecule has 0 fully saturated rings. The first kappa shape index (κ1) is 8.32. The minimum Gasteiger partial charge on any atom is -0.508 e. The lowest BCUT2D eigenvalue weighted by Gasteiger charge is -1.98. The van der Waals surface area contributed by atoms with Gasteiger partial charge < -0.3 is 9.94 Å². The fourth-order valence-corrected chi connectivity index (χ4v) is 0.719. The van der Waals surface area contributed by atoms with Gasteiger partial charge >= 0.3 is 0 Å². The van der Waals surface area contributed by atoms with Crippen molar-refractivity contribution in [1.82, 2.24) is 0 Å². The van der Waals surface area contributed by atoms with Crippen molar-refractivity contribution in [3.63, 3.8) is 0 Å². The quantitative estimate of drug-likeness (QED) is 0.543. The predicted molar refractivity (Wildman–Crippen MR) is 39.9 cm³/mol. The maximum atomic E-state index is 9.77. The van der Waals surface area contributed by atoms with Crippen LogP contribution in [0, 0.1) is 10.1 Å². The summed E-state index contributed by atoms with van der Waals surface area (Å²) < 4.78 is 0. The average Bonchev–Trinajstić information content (AvgIpc) is 2.03. The molecule has 0 spiro atoms. The van der Waals surface area contributed by atoms with Gasteiger partial charge in [0.05, 0.1) is 0 Å². The second kappa shape index (κ2) is 3.56. The van der Waals surface area contributed by atoms with E-state index < -0.39 is 5.09 Å². The summed E-state index contributed by atoms with van der Waals surface area (Å²) in [4.78, 5) is 13.9. The molecule has 1 N–H and O–H groups in total. The Morgan fingerprint density at radius 1 is 1.42 bits per heavy atom. The van der Waals surface area contributed by atoms with Crippen LogP contribution in [0.25, 0.3) is 0 Å². The van der Waals surface area contributed by atoms with Crippen LogP contribution in [-0.2, 0) is 11.4 Å².